The molecule has 0 spiro atoms. The highest BCUT2D eigenvalue weighted by atomic mass is 16.4. The van der Waals surface area contributed by atoms with Crippen molar-refractivity contribution in [1.29, 1.82) is 0 Å². The zero-order valence-electron chi connectivity index (χ0n) is 5.90. The van der Waals surface area contributed by atoms with Gasteiger partial charge in [-0.2, -0.15) is 0 Å². The summed E-state index contributed by atoms with van der Waals surface area (Å²) < 4.78 is 3.98. The summed E-state index contributed by atoms with van der Waals surface area (Å²) in [6, 6.07) is -0.760. The fourth-order valence-electron chi connectivity index (χ4n) is 1.13. The molecule has 5 heteroatoms. The third kappa shape index (κ3) is 0.932. The molecule has 1 aliphatic heterocycles. The Hall–Kier alpha value is -1.23. The van der Waals surface area contributed by atoms with E-state index in [0.717, 1.165) is 12.4 Å². The van der Waals surface area contributed by atoms with Gasteiger partial charge in [-0.1, -0.05) is 0 Å². The van der Waals surface area contributed by atoms with E-state index in [1.165, 1.54) is 0 Å². The van der Waals surface area contributed by atoms with Gasteiger partial charge in [0.05, 0.1) is 5.69 Å². The first-order chi connectivity index (χ1) is 5.18. The Morgan fingerprint density at radius 1 is 1.91 bits per heavy atom. The van der Waals surface area contributed by atoms with E-state index >= 15 is 0 Å². The summed E-state index contributed by atoms with van der Waals surface area (Å²) in [5.74, 6) is -0.939. The molecule has 3 N–H and O–H groups in total. The van der Waals surface area contributed by atoms with E-state index in [-0.39, 0.29) is 0 Å². The fraction of sp³-hybridized carbons (Fsp3) is 0.500. The summed E-state index contributed by atoms with van der Waals surface area (Å²) in [6.07, 6.45) is 2.36. The van der Waals surface area contributed by atoms with Gasteiger partial charge >= 0.3 is 5.97 Å². The number of rotatable bonds is 3. The number of hydrogen-bond donors (Lipinski definition) is 2. The lowest BCUT2D eigenvalue weighted by Gasteiger charge is -2.06. The maximum atomic E-state index is 10.3. The Morgan fingerprint density at radius 3 is 3.00 bits per heavy atom. The molecule has 0 bridgehead atoms. The Kier molecular flexibility index (Phi) is 1.11. The maximum Gasteiger partial charge on any atom is 0.320 e. The van der Waals surface area contributed by atoms with Crippen LogP contribution in [0.15, 0.2) is 6.20 Å². The molecule has 1 aromatic rings. The highest BCUT2D eigenvalue weighted by Crippen LogP contribution is 2.18. The van der Waals surface area contributed by atoms with Crippen LogP contribution in [0.5, 0.6) is 0 Å². The van der Waals surface area contributed by atoms with E-state index < -0.39 is 12.0 Å². The van der Waals surface area contributed by atoms with Gasteiger partial charge in [0.15, 0.2) is 0 Å². The molecule has 1 atom stereocenters. The van der Waals surface area contributed by atoms with Gasteiger partial charge in [-0.25, -0.2) is 0 Å². The van der Waals surface area contributed by atoms with Crippen molar-refractivity contribution in [3.63, 3.8) is 0 Å². The van der Waals surface area contributed by atoms with E-state index in [0.29, 0.717) is 6.42 Å². The minimum Gasteiger partial charge on any atom is -0.480 e. The standard InChI is InChI=1S/C6H9N3O2/c7-5(6(10)11)1-4-2-8-3-9(4)8/h2,5H,1,3,7H2,(H,10,11)/t5-,8?,9?/m0/s1. The average molecular weight is 155 g/mol. The molecule has 0 unspecified atom stereocenters. The smallest absolute Gasteiger partial charge is 0.320 e. The van der Waals surface area contributed by atoms with Crippen LogP contribution in [0.4, 0.5) is 0 Å². The first kappa shape index (κ1) is 6.48. The van der Waals surface area contributed by atoms with Crippen LogP contribution in [0.1, 0.15) is 5.69 Å². The first-order valence-electron chi connectivity index (χ1n) is 3.41. The summed E-state index contributed by atoms with van der Waals surface area (Å²) in [6.45, 7) is 0.904. The summed E-state index contributed by atoms with van der Waals surface area (Å²) in [5.41, 5.74) is 6.35. The van der Waals surface area contributed by atoms with Crippen molar-refractivity contribution in [3.05, 3.63) is 11.9 Å². The quantitative estimate of drug-likeness (QED) is 0.601. The van der Waals surface area contributed by atoms with Crippen LogP contribution in [-0.2, 0) is 17.9 Å². The van der Waals surface area contributed by atoms with Crippen LogP contribution in [0, 0.1) is 0 Å². The molecular weight excluding hydrogens is 146 g/mol. The third-order valence-electron chi connectivity index (χ3n) is 1.88. The minimum absolute atomic E-state index is 0.436. The Labute approximate surface area is 63.0 Å². The van der Waals surface area contributed by atoms with Gasteiger partial charge in [0.25, 0.3) is 0 Å². The van der Waals surface area contributed by atoms with Crippen LogP contribution in [0.25, 0.3) is 0 Å². The summed E-state index contributed by atoms with van der Waals surface area (Å²) in [7, 11) is 0. The number of aromatic nitrogens is 2. The topological polar surface area (TPSA) is 73.2 Å². The molecule has 60 valence electrons. The lowest BCUT2D eigenvalue weighted by Crippen LogP contribution is -2.33. The zero-order chi connectivity index (χ0) is 8.01. The van der Waals surface area contributed by atoms with Crippen LogP contribution in [0.2, 0.25) is 0 Å². The number of fused-ring (bicyclic) bond motifs is 1. The second kappa shape index (κ2) is 1.88. The van der Waals surface area contributed by atoms with E-state index in [2.05, 4.69) is 0 Å². The molecule has 0 amide bonds. The van der Waals surface area contributed by atoms with Gasteiger partial charge in [0.1, 0.15) is 12.7 Å². The summed E-state index contributed by atoms with van der Waals surface area (Å²) in [4.78, 5) is 10.3. The molecular formula is C6H9N3O2. The highest BCUT2D eigenvalue weighted by molar-refractivity contribution is 5.73. The number of nitrogens with two attached hydrogens (primary N) is 1. The number of hydrogen-bond acceptors (Lipinski definition) is 2. The van der Waals surface area contributed by atoms with Gasteiger partial charge in [-0.15, -0.1) is 0 Å². The van der Waals surface area contributed by atoms with Crippen LogP contribution >= 0.6 is 0 Å². The van der Waals surface area contributed by atoms with Crippen molar-refractivity contribution < 1.29 is 9.90 Å². The predicted molar refractivity (Wildman–Crippen MR) is 37.1 cm³/mol. The number of carboxylic acid groups (broad SMARTS) is 1. The van der Waals surface area contributed by atoms with Crippen molar-refractivity contribution in [3.8, 4) is 0 Å². The minimum atomic E-state index is -0.939. The van der Waals surface area contributed by atoms with E-state index in [4.69, 9.17) is 10.8 Å². The second-order valence-electron chi connectivity index (χ2n) is 2.75. The van der Waals surface area contributed by atoms with Gasteiger partial charge < -0.3 is 10.8 Å². The number of aliphatic carboxylic acids is 1. The van der Waals surface area contributed by atoms with Gasteiger partial charge in [-0.05, 0) is 0 Å². The van der Waals surface area contributed by atoms with E-state index in [9.17, 15) is 4.79 Å². The zero-order valence-corrected chi connectivity index (χ0v) is 5.90. The molecule has 0 saturated heterocycles. The van der Waals surface area contributed by atoms with Crippen molar-refractivity contribution in [2.24, 2.45) is 5.73 Å². The maximum absolute atomic E-state index is 10.3. The average Bonchev–Trinajstić information content (AvgIpc) is 2.55. The molecule has 0 fully saturated rings. The number of carboxylic acids is 1. The first-order valence-corrected chi connectivity index (χ1v) is 3.41. The summed E-state index contributed by atoms with van der Waals surface area (Å²) >= 11 is 0. The highest BCUT2D eigenvalue weighted by Gasteiger charge is 2.25. The molecule has 11 heavy (non-hydrogen) atoms. The van der Waals surface area contributed by atoms with Gasteiger partial charge in [-0.3, -0.25) is 14.2 Å². The Bertz CT molecular complexity index is 299. The molecule has 0 aromatic carbocycles. The fourth-order valence-corrected chi connectivity index (χ4v) is 1.13. The molecule has 0 aliphatic carbocycles. The monoisotopic (exact) mass is 155 g/mol. The predicted octanol–water partition coefficient (Wildman–Crippen LogP) is -0.937. The molecule has 2 rings (SSSR count). The second-order valence-corrected chi connectivity index (χ2v) is 2.75. The molecule has 2 heterocycles. The molecule has 0 saturated carbocycles. The summed E-state index contributed by atoms with van der Waals surface area (Å²) in [5, 5.41) is 8.47. The molecule has 5 nitrogen and oxygen atoms in total. The van der Waals surface area contributed by atoms with Gasteiger partial charge in [0, 0.05) is 12.6 Å². The van der Waals surface area contributed by atoms with Crippen molar-refractivity contribution in [1.82, 2.24) is 9.36 Å². The Morgan fingerprint density at radius 2 is 2.64 bits per heavy atom. The van der Waals surface area contributed by atoms with Crippen LogP contribution in [-0.4, -0.2) is 26.5 Å². The largest absolute Gasteiger partial charge is 0.480 e. The lowest BCUT2D eigenvalue weighted by atomic mass is 10.2. The van der Waals surface area contributed by atoms with Crippen molar-refractivity contribution >= 4 is 5.97 Å². The SMILES string of the molecule is N[C@@H](Cc1cn2n1C2)C(=O)O. The molecule has 1 aromatic heterocycles. The van der Waals surface area contributed by atoms with Crippen molar-refractivity contribution in [2.45, 2.75) is 19.1 Å². The van der Waals surface area contributed by atoms with Crippen molar-refractivity contribution in [2.75, 3.05) is 0 Å². The number of carbonyl (C=O) groups is 1. The normalized spacial score (nSPS) is 16.1. The van der Waals surface area contributed by atoms with E-state index in [1.807, 2.05) is 15.6 Å². The van der Waals surface area contributed by atoms with Crippen LogP contribution in [0.3, 0.4) is 0 Å². The van der Waals surface area contributed by atoms with E-state index in [1.54, 1.807) is 0 Å². The molecule has 0 radical (unpaired) electrons. The number of nitrogens with zero attached hydrogens (tertiary/aromatic N) is 2. The van der Waals surface area contributed by atoms with Gasteiger partial charge in [0.2, 0.25) is 0 Å². The van der Waals surface area contributed by atoms with Crippen LogP contribution < -0.4 is 5.73 Å². The molecule has 1 aliphatic rings. The lowest BCUT2D eigenvalue weighted by molar-refractivity contribution is -0.138. The third-order valence-corrected chi connectivity index (χ3v) is 1.88. The Balaban J connectivity index is 1.94.